The summed E-state index contributed by atoms with van der Waals surface area (Å²) in [5.41, 5.74) is 2.15. The Morgan fingerprint density at radius 1 is 1.33 bits per heavy atom. The summed E-state index contributed by atoms with van der Waals surface area (Å²) < 4.78 is 2.03. The number of hydrogen-bond acceptors (Lipinski definition) is 4. The summed E-state index contributed by atoms with van der Waals surface area (Å²) in [5, 5.41) is 3.01. The summed E-state index contributed by atoms with van der Waals surface area (Å²) in [6, 6.07) is 5.74. The third kappa shape index (κ3) is 2.38. The van der Waals surface area contributed by atoms with E-state index in [1.54, 1.807) is 6.92 Å². The molecule has 0 bridgehead atoms. The minimum Gasteiger partial charge on any atom is -0.333 e. The van der Waals surface area contributed by atoms with Gasteiger partial charge in [-0.05, 0) is 37.6 Å². The standard InChI is InChI=1S/C12H13BrN4O/c1-7-5-9(3-4-10(7)13)16-12-15-6-8(2)11(18)17(12)14/h3-6H,14H2,1-2H3,(H,15,16). The number of hydrogen-bond donors (Lipinski definition) is 2. The van der Waals surface area contributed by atoms with Crippen LogP contribution in [0.1, 0.15) is 11.1 Å². The highest BCUT2D eigenvalue weighted by Gasteiger charge is 2.05. The molecule has 1 aromatic carbocycles. The van der Waals surface area contributed by atoms with Crippen LogP contribution >= 0.6 is 15.9 Å². The molecule has 2 aromatic rings. The summed E-state index contributed by atoms with van der Waals surface area (Å²) in [6.45, 7) is 3.65. The number of aromatic nitrogens is 2. The van der Waals surface area contributed by atoms with Crippen molar-refractivity contribution in [1.82, 2.24) is 9.66 Å². The number of benzene rings is 1. The molecule has 0 unspecified atom stereocenters. The highest BCUT2D eigenvalue weighted by Crippen LogP contribution is 2.21. The lowest BCUT2D eigenvalue weighted by atomic mass is 10.2. The van der Waals surface area contributed by atoms with Gasteiger partial charge in [0.05, 0.1) is 0 Å². The zero-order valence-corrected chi connectivity index (χ0v) is 11.7. The zero-order chi connectivity index (χ0) is 13.3. The Hall–Kier alpha value is -1.82. The Kier molecular flexibility index (Phi) is 3.38. The normalized spacial score (nSPS) is 10.4. The summed E-state index contributed by atoms with van der Waals surface area (Å²) in [4.78, 5) is 15.8. The van der Waals surface area contributed by atoms with Gasteiger partial charge in [0.1, 0.15) is 0 Å². The molecule has 0 aliphatic carbocycles. The van der Waals surface area contributed by atoms with E-state index in [1.165, 1.54) is 6.20 Å². The molecule has 0 amide bonds. The average molecular weight is 309 g/mol. The lowest BCUT2D eigenvalue weighted by molar-refractivity contribution is 0.886. The second-order valence-electron chi connectivity index (χ2n) is 4.03. The van der Waals surface area contributed by atoms with Crippen LogP contribution in [0.5, 0.6) is 0 Å². The van der Waals surface area contributed by atoms with E-state index in [2.05, 4.69) is 26.2 Å². The predicted molar refractivity (Wildman–Crippen MR) is 75.5 cm³/mol. The molecule has 0 aliphatic heterocycles. The first-order valence-corrected chi connectivity index (χ1v) is 6.15. The second-order valence-corrected chi connectivity index (χ2v) is 4.88. The van der Waals surface area contributed by atoms with Crippen LogP contribution < -0.4 is 16.7 Å². The third-order valence-electron chi connectivity index (χ3n) is 2.58. The number of nitrogens with two attached hydrogens (primary N) is 1. The van der Waals surface area contributed by atoms with Crippen LogP contribution in [0.4, 0.5) is 11.6 Å². The summed E-state index contributed by atoms with van der Waals surface area (Å²) >= 11 is 3.43. The zero-order valence-electron chi connectivity index (χ0n) is 10.1. The van der Waals surface area contributed by atoms with E-state index in [0.29, 0.717) is 11.5 Å². The van der Waals surface area contributed by atoms with Crippen LogP contribution in [0.15, 0.2) is 33.7 Å². The number of nitrogen functional groups attached to an aromatic ring is 1. The third-order valence-corrected chi connectivity index (χ3v) is 3.47. The molecule has 0 aliphatic rings. The van der Waals surface area contributed by atoms with Gasteiger partial charge in [-0.1, -0.05) is 15.9 Å². The van der Waals surface area contributed by atoms with Gasteiger partial charge in [0.2, 0.25) is 5.95 Å². The summed E-state index contributed by atoms with van der Waals surface area (Å²) in [7, 11) is 0. The van der Waals surface area contributed by atoms with Gasteiger partial charge in [0.15, 0.2) is 0 Å². The predicted octanol–water partition coefficient (Wildman–Crippen LogP) is 2.08. The number of rotatable bonds is 2. The van der Waals surface area contributed by atoms with Gasteiger partial charge in [0, 0.05) is 21.9 Å². The molecule has 94 valence electrons. The van der Waals surface area contributed by atoms with Crippen LogP contribution in [0, 0.1) is 13.8 Å². The minimum atomic E-state index is -0.263. The van der Waals surface area contributed by atoms with E-state index in [-0.39, 0.29) is 5.56 Å². The summed E-state index contributed by atoms with van der Waals surface area (Å²) in [6.07, 6.45) is 1.50. The molecule has 18 heavy (non-hydrogen) atoms. The lowest BCUT2D eigenvalue weighted by Crippen LogP contribution is -2.31. The summed E-state index contributed by atoms with van der Waals surface area (Å²) in [5.74, 6) is 5.98. The number of nitrogens with one attached hydrogen (secondary N) is 1. The molecule has 1 aromatic heterocycles. The average Bonchev–Trinajstić information content (AvgIpc) is 2.34. The van der Waals surface area contributed by atoms with E-state index >= 15 is 0 Å². The Balaban J connectivity index is 2.37. The molecule has 0 radical (unpaired) electrons. The number of nitrogens with zero attached hydrogens (tertiary/aromatic N) is 2. The van der Waals surface area contributed by atoms with Gasteiger partial charge in [-0.15, -0.1) is 0 Å². The van der Waals surface area contributed by atoms with Crippen molar-refractivity contribution < 1.29 is 0 Å². The van der Waals surface area contributed by atoms with E-state index in [0.717, 1.165) is 20.4 Å². The van der Waals surface area contributed by atoms with Crippen molar-refractivity contribution in [3.63, 3.8) is 0 Å². The highest BCUT2D eigenvalue weighted by atomic mass is 79.9. The molecule has 3 N–H and O–H groups in total. The minimum absolute atomic E-state index is 0.263. The van der Waals surface area contributed by atoms with Crippen molar-refractivity contribution in [2.24, 2.45) is 0 Å². The quantitative estimate of drug-likeness (QED) is 0.833. The number of halogens is 1. The molecule has 0 atom stereocenters. The Bertz CT molecular complexity index is 651. The fraction of sp³-hybridized carbons (Fsp3) is 0.167. The first-order valence-electron chi connectivity index (χ1n) is 5.36. The van der Waals surface area contributed by atoms with Gasteiger partial charge in [-0.25, -0.2) is 4.98 Å². The molecule has 0 spiro atoms. The largest absolute Gasteiger partial charge is 0.333 e. The van der Waals surface area contributed by atoms with E-state index < -0.39 is 0 Å². The molecule has 0 saturated heterocycles. The van der Waals surface area contributed by atoms with Crippen molar-refractivity contribution in [3.05, 3.63) is 50.3 Å². The number of aryl methyl sites for hydroxylation is 2. The van der Waals surface area contributed by atoms with Crippen molar-refractivity contribution >= 4 is 27.6 Å². The molecular weight excluding hydrogens is 296 g/mol. The first-order chi connectivity index (χ1) is 8.49. The maximum Gasteiger partial charge on any atom is 0.276 e. The lowest BCUT2D eigenvalue weighted by Gasteiger charge is -2.10. The molecule has 6 heteroatoms. The Morgan fingerprint density at radius 3 is 2.72 bits per heavy atom. The maximum absolute atomic E-state index is 11.7. The molecule has 5 nitrogen and oxygen atoms in total. The fourth-order valence-electron chi connectivity index (χ4n) is 1.51. The van der Waals surface area contributed by atoms with Crippen LogP contribution in [0.25, 0.3) is 0 Å². The van der Waals surface area contributed by atoms with Crippen molar-refractivity contribution in [1.29, 1.82) is 0 Å². The van der Waals surface area contributed by atoms with Crippen LogP contribution in [-0.2, 0) is 0 Å². The van der Waals surface area contributed by atoms with E-state index in [4.69, 9.17) is 5.84 Å². The van der Waals surface area contributed by atoms with Crippen molar-refractivity contribution in [2.45, 2.75) is 13.8 Å². The maximum atomic E-state index is 11.7. The molecular formula is C12H13BrN4O. The monoisotopic (exact) mass is 308 g/mol. The molecule has 0 fully saturated rings. The highest BCUT2D eigenvalue weighted by molar-refractivity contribution is 9.10. The first kappa shape index (κ1) is 12.6. The van der Waals surface area contributed by atoms with Crippen molar-refractivity contribution in [2.75, 3.05) is 11.2 Å². The van der Waals surface area contributed by atoms with Crippen molar-refractivity contribution in [3.8, 4) is 0 Å². The smallest absolute Gasteiger partial charge is 0.276 e. The number of anilines is 2. The van der Waals surface area contributed by atoms with Crippen LogP contribution in [0.3, 0.4) is 0 Å². The SMILES string of the molecule is Cc1cc(Nc2ncc(C)c(=O)n2N)ccc1Br. The van der Waals surface area contributed by atoms with Gasteiger partial charge >= 0.3 is 0 Å². The van der Waals surface area contributed by atoms with Crippen LogP contribution in [0.2, 0.25) is 0 Å². The fourth-order valence-corrected chi connectivity index (χ4v) is 1.75. The van der Waals surface area contributed by atoms with E-state index in [9.17, 15) is 4.79 Å². The molecule has 1 heterocycles. The van der Waals surface area contributed by atoms with Gasteiger partial charge in [0.25, 0.3) is 5.56 Å². The van der Waals surface area contributed by atoms with Gasteiger partial charge in [-0.3, -0.25) is 4.79 Å². The van der Waals surface area contributed by atoms with E-state index in [1.807, 2.05) is 25.1 Å². The van der Waals surface area contributed by atoms with Gasteiger partial charge in [-0.2, -0.15) is 4.68 Å². The van der Waals surface area contributed by atoms with Gasteiger partial charge < -0.3 is 11.2 Å². The topological polar surface area (TPSA) is 72.9 Å². The second kappa shape index (κ2) is 4.81. The Labute approximate surface area is 113 Å². The Morgan fingerprint density at radius 2 is 2.06 bits per heavy atom. The molecule has 0 saturated carbocycles. The van der Waals surface area contributed by atoms with Crippen LogP contribution in [-0.4, -0.2) is 9.66 Å². The molecule has 2 rings (SSSR count).